The number of benzene rings is 3. The van der Waals surface area contributed by atoms with Gasteiger partial charge in [0.2, 0.25) is 12.7 Å². The minimum absolute atomic E-state index is 0.136. The van der Waals surface area contributed by atoms with Gasteiger partial charge in [0.15, 0.2) is 22.5 Å². The minimum atomic E-state index is -0.321. The maximum atomic E-state index is 13.4. The van der Waals surface area contributed by atoms with Gasteiger partial charge in [-0.15, -0.1) is 10.2 Å². The third-order valence-corrected chi connectivity index (χ3v) is 5.94. The summed E-state index contributed by atoms with van der Waals surface area (Å²) in [5.41, 5.74) is 2.50. The summed E-state index contributed by atoms with van der Waals surface area (Å²) in [5, 5.41) is 12.1. The van der Waals surface area contributed by atoms with Crippen LogP contribution in [0.25, 0.3) is 17.1 Å². The summed E-state index contributed by atoms with van der Waals surface area (Å²) in [6.45, 7) is 0.589. The first-order valence-electron chi connectivity index (χ1n) is 10.2. The molecule has 166 valence electrons. The third kappa shape index (κ3) is 4.68. The Hall–Kier alpha value is -3.85. The van der Waals surface area contributed by atoms with Gasteiger partial charge in [0.05, 0.1) is 5.75 Å². The van der Waals surface area contributed by atoms with Gasteiger partial charge in [-0.1, -0.05) is 36.0 Å². The molecule has 0 fully saturated rings. The van der Waals surface area contributed by atoms with Gasteiger partial charge < -0.3 is 14.8 Å². The predicted molar refractivity (Wildman–Crippen MR) is 122 cm³/mol. The van der Waals surface area contributed by atoms with Crippen LogP contribution >= 0.6 is 11.8 Å². The Kier molecular flexibility index (Phi) is 5.95. The van der Waals surface area contributed by atoms with Gasteiger partial charge in [0.1, 0.15) is 5.82 Å². The molecule has 1 aliphatic heterocycles. The number of fused-ring (bicyclic) bond motifs is 1. The highest BCUT2D eigenvalue weighted by Gasteiger charge is 2.18. The van der Waals surface area contributed by atoms with Crippen molar-refractivity contribution in [2.24, 2.45) is 0 Å². The lowest BCUT2D eigenvalue weighted by atomic mass is 10.2. The molecular weight excluding hydrogens is 443 g/mol. The molecule has 0 bridgehead atoms. The molecule has 0 atom stereocenters. The standard InChI is InChI=1S/C24H19FN4O3S/c25-18-9-7-17(8-10-18)23-27-28-24(29(23)19-4-2-1-3-5-19)33-14-22(30)26-13-16-6-11-20-21(12-16)32-15-31-20/h1-12H,13-15H2,(H,26,30). The van der Waals surface area contributed by atoms with E-state index in [1.165, 1.54) is 23.9 Å². The molecule has 1 amide bonds. The van der Waals surface area contributed by atoms with Crippen LogP contribution in [0.1, 0.15) is 5.56 Å². The van der Waals surface area contributed by atoms with Crippen molar-refractivity contribution in [1.29, 1.82) is 0 Å². The second-order valence-corrected chi connectivity index (χ2v) is 8.18. The van der Waals surface area contributed by atoms with Crippen molar-refractivity contribution in [3.8, 4) is 28.6 Å². The molecule has 0 saturated carbocycles. The highest BCUT2D eigenvalue weighted by Crippen LogP contribution is 2.32. The molecule has 1 aromatic heterocycles. The fraction of sp³-hybridized carbons (Fsp3) is 0.125. The van der Waals surface area contributed by atoms with E-state index in [1.807, 2.05) is 53.1 Å². The number of aromatic nitrogens is 3. The number of amides is 1. The highest BCUT2D eigenvalue weighted by atomic mass is 32.2. The van der Waals surface area contributed by atoms with Crippen LogP contribution in [0.3, 0.4) is 0 Å². The van der Waals surface area contributed by atoms with E-state index in [-0.39, 0.29) is 24.3 Å². The fourth-order valence-electron chi connectivity index (χ4n) is 3.39. The van der Waals surface area contributed by atoms with Crippen LogP contribution in [0.15, 0.2) is 78.0 Å². The van der Waals surface area contributed by atoms with E-state index in [9.17, 15) is 9.18 Å². The van der Waals surface area contributed by atoms with Crippen LogP contribution in [-0.4, -0.2) is 33.2 Å². The Morgan fingerprint density at radius 2 is 1.79 bits per heavy atom. The molecule has 1 aliphatic rings. The normalized spacial score (nSPS) is 12.0. The maximum absolute atomic E-state index is 13.4. The number of rotatable bonds is 7. The molecule has 9 heteroatoms. The smallest absolute Gasteiger partial charge is 0.231 e. The van der Waals surface area contributed by atoms with E-state index in [2.05, 4.69) is 15.5 Å². The maximum Gasteiger partial charge on any atom is 0.231 e. The van der Waals surface area contributed by atoms with Crippen molar-refractivity contribution < 1.29 is 18.7 Å². The molecular formula is C24H19FN4O3S. The van der Waals surface area contributed by atoms with Gasteiger partial charge in [-0.05, 0) is 54.1 Å². The van der Waals surface area contributed by atoms with Gasteiger partial charge in [0, 0.05) is 17.8 Å². The van der Waals surface area contributed by atoms with Gasteiger partial charge in [0.25, 0.3) is 0 Å². The molecule has 2 heterocycles. The lowest BCUT2D eigenvalue weighted by Crippen LogP contribution is -2.24. The number of halogens is 1. The molecule has 4 aromatic rings. The average molecular weight is 463 g/mol. The zero-order valence-corrected chi connectivity index (χ0v) is 18.2. The Labute approximate surface area is 193 Å². The molecule has 0 spiro atoms. The van der Waals surface area contributed by atoms with Crippen molar-refractivity contribution in [1.82, 2.24) is 20.1 Å². The zero-order valence-electron chi connectivity index (χ0n) is 17.4. The first-order valence-corrected chi connectivity index (χ1v) is 11.2. The number of hydrogen-bond donors (Lipinski definition) is 1. The first-order chi connectivity index (χ1) is 16.2. The second-order valence-electron chi connectivity index (χ2n) is 7.24. The molecule has 7 nitrogen and oxygen atoms in total. The Morgan fingerprint density at radius 1 is 1.00 bits per heavy atom. The molecule has 33 heavy (non-hydrogen) atoms. The quantitative estimate of drug-likeness (QED) is 0.415. The van der Waals surface area contributed by atoms with Gasteiger partial charge in [-0.2, -0.15) is 0 Å². The number of carbonyl (C=O) groups is 1. The largest absolute Gasteiger partial charge is 0.454 e. The number of nitrogens with zero attached hydrogens (tertiary/aromatic N) is 3. The van der Waals surface area contributed by atoms with Gasteiger partial charge in [-0.3, -0.25) is 9.36 Å². The molecule has 0 aliphatic carbocycles. The Balaban J connectivity index is 1.30. The van der Waals surface area contributed by atoms with Crippen LogP contribution in [0, 0.1) is 5.82 Å². The topological polar surface area (TPSA) is 78.3 Å². The number of nitrogens with one attached hydrogen (secondary N) is 1. The molecule has 5 rings (SSSR count). The van der Waals surface area contributed by atoms with E-state index in [0.717, 1.165) is 16.8 Å². The Bertz CT molecular complexity index is 1280. The SMILES string of the molecule is O=C(CSc1nnc(-c2ccc(F)cc2)n1-c1ccccc1)NCc1ccc2c(c1)OCO2. The summed E-state index contributed by atoms with van der Waals surface area (Å²) in [4.78, 5) is 12.5. The van der Waals surface area contributed by atoms with Crippen LogP contribution in [-0.2, 0) is 11.3 Å². The van der Waals surface area contributed by atoms with E-state index >= 15 is 0 Å². The second kappa shape index (κ2) is 9.33. The van der Waals surface area contributed by atoms with E-state index in [0.29, 0.717) is 29.0 Å². The van der Waals surface area contributed by atoms with Crippen molar-refractivity contribution in [3.63, 3.8) is 0 Å². The summed E-state index contributed by atoms with van der Waals surface area (Å²) in [7, 11) is 0. The summed E-state index contributed by atoms with van der Waals surface area (Å²) < 4.78 is 25.9. The minimum Gasteiger partial charge on any atom is -0.454 e. The third-order valence-electron chi connectivity index (χ3n) is 5.01. The molecule has 3 aromatic carbocycles. The average Bonchev–Trinajstić information content (AvgIpc) is 3.49. The lowest BCUT2D eigenvalue weighted by molar-refractivity contribution is -0.118. The molecule has 0 saturated heterocycles. The number of ether oxygens (including phenoxy) is 2. The molecule has 1 N–H and O–H groups in total. The van der Waals surface area contributed by atoms with E-state index in [4.69, 9.17) is 9.47 Å². The summed E-state index contributed by atoms with van der Waals surface area (Å²) in [5.74, 6) is 1.67. The number of hydrogen-bond acceptors (Lipinski definition) is 6. The highest BCUT2D eigenvalue weighted by molar-refractivity contribution is 7.99. The van der Waals surface area contributed by atoms with E-state index in [1.54, 1.807) is 12.1 Å². The Morgan fingerprint density at radius 3 is 2.61 bits per heavy atom. The molecule has 0 radical (unpaired) electrons. The van der Waals surface area contributed by atoms with E-state index < -0.39 is 0 Å². The predicted octanol–water partition coefficient (Wildman–Crippen LogP) is 4.21. The van der Waals surface area contributed by atoms with Gasteiger partial charge in [-0.25, -0.2) is 4.39 Å². The van der Waals surface area contributed by atoms with Crippen LogP contribution in [0.4, 0.5) is 4.39 Å². The summed E-state index contributed by atoms with van der Waals surface area (Å²) >= 11 is 1.28. The van der Waals surface area contributed by atoms with Crippen LogP contribution < -0.4 is 14.8 Å². The number of carbonyl (C=O) groups excluding carboxylic acids is 1. The summed E-state index contributed by atoms with van der Waals surface area (Å²) in [6, 6.07) is 21.3. The monoisotopic (exact) mass is 462 g/mol. The zero-order chi connectivity index (χ0) is 22.6. The summed E-state index contributed by atoms with van der Waals surface area (Å²) in [6.07, 6.45) is 0. The van der Waals surface area contributed by atoms with Crippen molar-refractivity contribution in [2.75, 3.05) is 12.5 Å². The van der Waals surface area contributed by atoms with Crippen LogP contribution in [0.2, 0.25) is 0 Å². The fourth-order valence-corrected chi connectivity index (χ4v) is 4.17. The lowest BCUT2D eigenvalue weighted by Gasteiger charge is -2.10. The number of para-hydroxylation sites is 1. The van der Waals surface area contributed by atoms with Crippen LogP contribution in [0.5, 0.6) is 11.5 Å². The van der Waals surface area contributed by atoms with Crippen molar-refractivity contribution in [2.45, 2.75) is 11.7 Å². The van der Waals surface area contributed by atoms with Crippen molar-refractivity contribution in [3.05, 3.63) is 84.2 Å². The van der Waals surface area contributed by atoms with Gasteiger partial charge >= 0.3 is 0 Å². The van der Waals surface area contributed by atoms with Crippen molar-refractivity contribution >= 4 is 17.7 Å². The molecule has 0 unspecified atom stereocenters. The first kappa shape index (κ1) is 21.0. The number of thioether (sulfide) groups is 1.